The van der Waals surface area contributed by atoms with Crippen molar-refractivity contribution in [2.24, 2.45) is 17.3 Å². The molecule has 0 atom stereocenters. The van der Waals surface area contributed by atoms with E-state index < -0.39 is 0 Å². The van der Waals surface area contributed by atoms with E-state index in [0.717, 1.165) is 31.6 Å². The van der Waals surface area contributed by atoms with Crippen LogP contribution in [0.3, 0.4) is 0 Å². The van der Waals surface area contributed by atoms with E-state index in [2.05, 4.69) is 20.8 Å². The molecule has 3 nitrogen and oxygen atoms in total. The van der Waals surface area contributed by atoms with Crippen molar-refractivity contribution < 1.29 is 9.90 Å². The molecular weight excluding hydrogens is 250 g/mol. The summed E-state index contributed by atoms with van der Waals surface area (Å²) < 4.78 is 0. The summed E-state index contributed by atoms with van der Waals surface area (Å²) in [7, 11) is 0. The minimum absolute atomic E-state index is 0.0968. The molecule has 0 aromatic heterocycles. The van der Waals surface area contributed by atoms with Crippen LogP contribution in [0.4, 0.5) is 0 Å². The zero-order valence-electron chi connectivity index (χ0n) is 13.4. The number of rotatable bonds is 4. The number of carbonyl (C=O) groups is 1. The minimum Gasteiger partial charge on any atom is -0.395 e. The molecule has 2 rings (SSSR count). The van der Waals surface area contributed by atoms with Gasteiger partial charge in [-0.3, -0.25) is 4.79 Å². The smallest absolute Gasteiger partial charge is 0.226 e. The monoisotopic (exact) mass is 281 g/mol. The van der Waals surface area contributed by atoms with E-state index in [9.17, 15) is 9.90 Å². The first kappa shape index (κ1) is 15.8. The second-order valence-electron chi connectivity index (χ2n) is 7.75. The van der Waals surface area contributed by atoms with Gasteiger partial charge in [0.15, 0.2) is 0 Å². The molecule has 2 aliphatic carbocycles. The highest BCUT2D eigenvalue weighted by Gasteiger charge is 2.36. The van der Waals surface area contributed by atoms with Crippen LogP contribution in [0.15, 0.2) is 0 Å². The van der Waals surface area contributed by atoms with Crippen molar-refractivity contribution in [3.63, 3.8) is 0 Å². The summed E-state index contributed by atoms with van der Waals surface area (Å²) in [5.74, 6) is 1.28. The number of aliphatic hydroxyl groups excluding tert-OH is 1. The van der Waals surface area contributed by atoms with Crippen molar-refractivity contribution in [1.29, 1.82) is 0 Å². The Labute approximate surface area is 123 Å². The van der Waals surface area contributed by atoms with E-state index in [1.807, 2.05) is 4.90 Å². The Hall–Kier alpha value is -0.570. The fraction of sp³-hybridized carbons (Fsp3) is 0.941. The topological polar surface area (TPSA) is 40.5 Å². The van der Waals surface area contributed by atoms with Crippen molar-refractivity contribution in [3.05, 3.63) is 0 Å². The first-order valence-corrected chi connectivity index (χ1v) is 8.35. The molecule has 1 N–H and O–H groups in total. The van der Waals surface area contributed by atoms with Crippen molar-refractivity contribution >= 4 is 5.91 Å². The first-order valence-electron chi connectivity index (χ1n) is 8.35. The quantitative estimate of drug-likeness (QED) is 0.859. The number of hydrogen-bond donors (Lipinski definition) is 1. The fourth-order valence-electron chi connectivity index (χ4n) is 3.72. The molecule has 2 aliphatic rings. The van der Waals surface area contributed by atoms with Gasteiger partial charge in [-0.15, -0.1) is 0 Å². The molecule has 116 valence electrons. The summed E-state index contributed by atoms with van der Waals surface area (Å²) in [4.78, 5) is 14.7. The predicted molar refractivity (Wildman–Crippen MR) is 81.3 cm³/mol. The lowest BCUT2D eigenvalue weighted by Gasteiger charge is -2.42. The summed E-state index contributed by atoms with van der Waals surface area (Å²) in [6, 6.07) is 0.412. The zero-order chi connectivity index (χ0) is 14.8. The van der Waals surface area contributed by atoms with Gasteiger partial charge in [-0.2, -0.15) is 0 Å². The standard InChI is InChI=1S/C17H31NO2/c1-17(2,3)14-9-7-13(8-10-14)16(20)18(11-12-19)15-5-4-6-15/h13-15,19H,4-12H2,1-3H3. The molecular formula is C17H31NO2. The van der Waals surface area contributed by atoms with Gasteiger partial charge in [-0.1, -0.05) is 20.8 Å². The third-order valence-electron chi connectivity index (χ3n) is 5.44. The molecule has 0 aromatic carbocycles. The van der Waals surface area contributed by atoms with Crippen LogP contribution < -0.4 is 0 Å². The Morgan fingerprint density at radius 1 is 1.10 bits per heavy atom. The molecule has 0 spiro atoms. The van der Waals surface area contributed by atoms with Gasteiger partial charge in [0.1, 0.15) is 0 Å². The van der Waals surface area contributed by atoms with Gasteiger partial charge in [-0.25, -0.2) is 0 Å². The van der Waals surface area contributed by atoms with Gasteiger partial charge in [0.05, 0.1) is 6.61 Å². The molecule has 20 heavy (non-hydrogen) atoms. The molecule has 0 aliphatic heterocycles. The Kier molecular flexibility index (Phi) is 5.11. The molecule has 0 heterocycles. The van der Waals surface area contributed by atoms with Gasteiger partial charge in [0.2, 0.25) is 5.91 Å². The van der Waals surface area contributed by atoms with Crippen molar-refractivity contribution in [2.75, 3.05) is 13.2 Å². The van der Waals surface area contributed by atoms with E-state index in [1.54, 1.807) is 0 Å². The third kappa shape index (κ3) is 3.55. The summed E-state index contributed by atoms with van der Waals surface area (Å²) in [6.07, 6.45) is 7.92. The van der Waals surface area contributed by atoms with Gasteiger partial charge in [0, 0.05) is 18.5 Å². The second kappa shape index (κ2) is 6.46. The maximum Gasteiger partial charge on any atom is 0.226 e. The average Bonchev–Trinajstić information content (AvgIpc) is 2.34. The van der Waals surface area contributed by atoms with Gasteiger partial charge >= 0.3 is 0 Å². The van der Waals surface area contributed by atoms with E-state index in [4.69, 9.17) is 0 Å². The predicted octanol–water partition coefficient (Wildman–Crippen LogP) is 3.21. The van der Waals surface area contributed by atoms with Crippen LogP contribution in [-0.2, 0) is 4.79 Å². The zero-order valence-corrected chi connectivity index (χ0v) is 13.4. The second-order valence-corrected chi connectivity index (χ2v) is 7.75. The van der Waals surface area contributed by atoms with Crippen LogP contribution >= 0.6 is 0 Å². The Morgan fingerprint density at radius 3 is 2.10 bits per heavy atom. The molecule has 0 saturated heterocycles. The normalized spacial score (nSPS) is 28.0. The lowest BCUT2D eigenvalue weighted by molar-refractivity contribution is -0.142. The lowest BCUT2D eigenvalue weighted by Crippen LogP contribution is -2.48. The molecule has 3 heteroatoms. The van der Waals surface area contributed by atoms with E-state index >= 15 is 0 Å². The maximum absolute atomic E-state index is 12.7. The van der Waals surface area contributed by atoms with Crippen molar-refractivity contribution in [2.45, 2.75) is 71.8 Å². The summed E-state index contributed by atoms with van der Waals surface area (Å²) in [6.45, 7) is 7.56. The highest BCUT2D eigenvalue weighted by Crippen LogP contribution is 2.40. The van der Waals surface area contributed by atoms with Gasteiger partial charge < -0.3 is 10.0 Å². The Balaban J connectivity index is 1.89. The van der Waals surface area contributed by atoms with E-state index in [-0.39, 0.29) is 12.5 Å². The number of carbonyl (C=O) groups excluding carboxylic acids is 1. The fourth-order valence-corrected chi connectivity index (χ4v) is 3.72. The highest BCUT2D eigenvalue weighted by molar-refractivity contribution is 5.79. The molecule has 0 aromatic rings. The van der Waals surface area contributed by atoms with Crippen molar-refractivity contribution in [3.8, 4) is 0 Å². The van der Waals surface area contributed by atoms with Crippen LogP contribution in [0.2, 0.25) is 0 Å². The van der Waals surface area contributed by atoms with Crippen molar-refractivity contribution in [1.82, 2.24) is 4.90 Å². The number of nitrogens with zero attached hydrogens (tertiary/aromatic N) is 1. The minimum atomic E-state index is 0.0968. The van der Waals surface area contributed by atoms with Crippen LogP contribution in [0.25, 0.3) is 0 Å². The highest BCUT2D eigenvalue weighted by atomic mass is 16.3. The van der Waals surface area contributed by atoms with Gasteiger partial charge in [0.25, 0.3) is 0 Å². The van der Waals surface area contributed by atoms with E-state index in [1.165, 1.54) is 19.3 Å². The number of amides is 1. The molecule has 0 radical (unpaired) electrons. The summed E-state index contributed by atoms with van der Waals surface area (Å²) in [5.41, 5.74) is 0.368. The third-order valence-corrected chi connectivity index (χ3v) is 5.44. The average molecular weight is 281 g/mol. The molecule has 2 saturated carbocycles. The Morgan fingerprint density at radius 2 is 1.70 bits per heavy atom. The molecule has 0 bridgehead atoms. The van der Waals surface area contributed by atoms with Crippen LogP contribution in [-0.4, -0.2) is 35.1 Å². The summed E-state index contributed by atoms with van der Waals surface area (Å²) in [5, 5.41) is 9.21. The SMILES string of the molecule is CC(C)(C)C1CCC(C(=O)N(CCO)C2CCC2)CC1. The largest absolute Gasteiger partial charge is 0.395 e. The molecule has 0 unspecified atom stereocenters. The maximum atomic E-state index is 12.7. The van der Waals surface area contributed by atoms with E-state index in [0.29, 0.717) is 23.9 Å². The number of aliphatic hydroxyl groups is 1. The Bertz CT molecular complexity index is 322. The summed E-state index contributed by atoms with van der Waals surface area (Å²) >= 11 is 0. The van der Waals surface area contributed by atoms with Crippen LogP contribution in [0, 0.1) is 17.3 Å². The lowest BCUT2D eigenvalue weighted by atomic mass is 9.69. The molecule has 2 fully saturated rings. The van der Waals surface area contributed by atoms with Gasteiger partial charge in [-0.05, 0) is 56.3 Å². The molecule has 1 amide bonds. The van der Waals surface area contributed by atoms with Crippen LogP contribution in [0.1, 0.15) is 65.7 Å². The number of hydrogen-bond acceptors (Lipinski definition) is 2. The van der Waals surface area contributed by atoms with Crippen LogP contribution in [0.5, 0.6) is 0 Å². The first-order chi connectivity index (χ1) is 9.43.